The largest absolute Gasteiger partial charge is 0.424 e. The van der Waals surface area contributed by atoms with Gasteiger partial charge >= 0.3 is 6.01 Å². The van der Waals surface area contributed by atoms with Gasteiger partial charge in [0.15, 0.2) is 0 Å². The first-order chi connectivity index (χ1) is 9.63. The maximum absolute atomic E-state index is 5.59. The minimum Gasteiger partial charge on any atom is -0.424 e. The number of benzene rings is 1. The number of ether oxygens (including phenoxy) is 1. The molecule has 0 fully saturated rings. The van der Waals surface area contributed by atoms with E-state index in [0.717, 1.165) is 24.4 Å². The first-order valence-electron chi connectivity index (χ1n) is 6.58. The van der Waals surface area contributed by atoms with Crippen molar-refractivity contribution in [3.05, 3.63) is 45.8 Å². The van der Waals surface area contributed by atoms with E-state index in [1.165, 1.54) is 3.57 Å². The minimum absolute atomic E-state index is 0.374. The van der Waals surface area contributed by atoms with Crippen LogP contribution in [0.5, 0.6) is 11.8 Å². The second kappa shape index (κ2) is 7.54. The third-order valence-electron chi connectivity index (χ3n) is 2.59. The summed E-state index contributed by atoms with van der Waals surface area (Å²) in [6, 6.07) is 8.16. The SMILES string of the molecule is CC(C)CNCc1cnc(Oc2ccc(I)cc2)nc1. The van der Waals surface area contributed by atoms with Gasteiger partial charge in [-0.05, 0) is 59.3 Å². The number of aromatic nitrogens is 2. The first-order valence-corrected chi connectivity index (χ1v) is 7.66. The molecule has 106 valence electrons. The second-order valence-electron chi connectivity index (χ2n) is 4.95. The summed E-state index contributed by atoms with van der Waals surface area (Å²) >= 11 is 2.26. The number of hydrogen-bond acceptors (Lipinski definition) is 4. The average molecular weight is 383 g/mol. The van der Waals surface area contributed by atoms with Gasteiger partial charge in [-0.25, -0.2) is 9.97 Å². The molecule has 0 aliphatic rings. The number of nitrogens with zero attached hydrogens (tertiary/aromatic N) is 2. The van der Waals surface area contributed by atoms with E-state index in [1.54, 1.807) is 12.4 Å². The van der Waals surface area contributed by atoms with Crippen molar-refractivity contribution in [1.29, 1.82) is 0 Å². The fourth-order valence-electron chi connectivity index (χ4n) is 1.60. The zero-order chi connectivity index (χ0) is 14.4. The van der Waals surface area contributed by atoms with Crippen LogP contribution in [0.2, 0.25) is 0 Å². The van der Waals surface area contributed by atoms with Crippen LogP contribution in [-0.4, -0.2) is 16.5 Å². The predicted octanol–water partition coefficient (Wildman–Crippen LogP) is 3.62. The Morgan fingerprint density at radius 1 is 1.15 bits per heavy atom. The van der Waals surface area contributed by atoms with Crippen LogP contribution in [-0.2, 0) is 6.54 Å². The molecule has 0 radical (unpaired) electrons. The molecule has 1 aromatic carbocycles. The highest BCUT2D eigenvalue weighted by Gasteiger charge is 2.01. The molecular formula is C15H18IN3O. The molecule has 5 heteroatoms. The van der Waals surface area contributed by atoms with E-state index < -0.39 is 0 Å². The molecule has 20 heavy (non-hydrogen) atoms. The minimum atomic E-state index is 0.374. The van der Waals surface area contributed by atoms with Gasteiger partial charge in [0, 0.05) is 28.1 Å². The summed E-state index contributed by atoms with van der Waals surface area (Å²) in [5, 5.41) is 3.35. The molecule has 1 N–H and O–H groups in total. The van der Waals surface area contributed by atoms with Crippen molar-refractivity contribution in [2.75, 3.05) is 6.54 Å². The molecule has 0 aliphatic carbocycles. The third-order valence-corrected chi connectivity index (χ3v) is 3.31. The monoisotopic (exact) mass is 383 g/mol. The molecule has 0 spiro atoms. The Kier molecular flexibility index (Phi) is 5.72. The maximum Gasteiger partial charge on any atom is 0.321 e. The highest BCUT2D eigenvalue weighted by Crippen LogP contribution is 2.18. The fourth-order valence-corrected chi connectivity index (χ4v) is 1.96. The highest BCUT2D eigenvalue weighted by molar-refractivity contribution is 14.1. The summed E-state index contributed by atoms with van der Waals surface area (Å²) in [5.74, 6) is 1.38. The summed E-state index contributed by atoms with van der Waals surface area (Å²) < 4.78 is 6.75. The third kappa shape index (κ3) is 5.05. The summed E-state index contributed by atoms with van der Waals surface area (Å²) in [6.07, 6.45) is 3.59. The highest BCUT2D eigenvalue weighted by atomic mass is 127. The molecule has 0 unspecified atom stereocenters. The van der Waals surface area contributed by atoms with E-state index in [0.29, 0.717) is 11.9 Å². The van der Waals surface area contributed by atoms with Crippen LogP contribution in [0.3, 0.4) is 0 Å². The predicted molar refractivity (Wildman–Crippen MR) is 87.8 cm³/mol. The van der Waals surface area contributed by atoms with E-state index in [9.17, 15) is 0 Å². The zero-order valence-electron chi connectivity index (χ0n) is 11.6. The van der Waals surface area contributed by atoms with Crippen LogP contribution in [0.4, 0.5) is 0 Å². The van der Waals surface area contributed by atoms with Crippen LogP contribution >= 0.6 is 22.6 Å². The van der Waals surface area contributed by atoms with Gasteiger partial charge in [-0.1, -0.05) is 13.8 Å². The van der Waals surface area contributed by atoms with Gasteiger partial charge in [0.05, 0.1) is 0 Å². The van der Waals surface area contributed by atoms with E-state index in [4.69, 9.17) is 4.74 Å². The van der Waals surface area contributed by atoms with Crippen molar-refractivity contribution in [1.82, 2.24) is 15.3 Å². The second-order valence-corrected chi connectivity index (χ2v) is 6.20. The van der Waals surface area contributed by atoms with Crippen molar-refractivity contribution >= 4 is 22.6 Å². The molecule has 0 aliphatic heterocycles. The lowest BCUT2D eigenvalue weighted by atomic mass is 10.2. The average Bonchev–Trinajstić information content (AvgIpc) is 2.43. The standard InChI is InChI=1S/C15H18IN3O/c1-11(2)7-17-8-12-9-18-15(19-10-12)20-14-5-3-13(16)4-6-14/h3-6,9-11,17H,7-8H2,1-2H3. The molecule has 0 bridgehead atoms. The summed E-state index contributed by atoms with van der Waals surface area (Å²) in [7, 11) is 0. The van der Waals surface area contributed by atoms with Crippen LogP contribution < -0.4 is 10.1 Å². The molecule has 0 saturated heterocycles. The molecule has 1 aromatic heterocycles. The van der Waals surface area contributed by atoms with E-state index in [-0.39, 0.29) is 0 Å². The number of nitrogens with one attached hydrogen (secondary N) is 1. The van der Waals surface area contributed by atoms with Gasteiger partial charge in [0.25, 0.3) is 0 Å². The van der Waals surface area contributed by atoms with Crippen molar-refractivity contribution < 1.29 is 4.74 Å². The summed E-state index contributed by atoms with van der Waals surface area (Å²) in [4.78, 5) is 8.44. The maximum atomic E-state index is 5.59. The Bertz CT molecular complexity index is 526. The molecule has 0 amide bonds. The lowest BCUT2D eigenvalue weighted by Gasteiger charge is -2.07. The Labute approximate surface area is 133 Å². The lowest BCUT2D eigenvalue weighted by molar-refractivity contribution is 0.440. The number of hydrogen-bond donors (Lipinski definition) is 1. The topological polar surface area (TPSA) is 47.0 Å². The van der Waals surface area contributed by atoms with Crippen molar-refractivity contribution in [3.8, 4) is 11.8 Å². The fraction of sp³-hybridized carbons (Fsp3) is 0.333. The Morgan fingerprint density at radius 2 is 1.80 bits per heavy atom. The molecule has 1 heterocycles. The first kappa shape index (κ1) is 15.2. The van der Waals surface area contributed by atoms with E-state index in [2.05, 4.69) is 51.7 Å². The van der Waals surface area contributed by atoms with Crippen LogP contribution in [0.15, 0.2) is 36.7 Å². The number of halogens is 1. The Balaban J connectivity index is 1.89. The van der Waals surface area contributed by atoms with Gasteiger partial charge in [0.2, 0.25) is 0 Å². The smallest absolute Gasteiger partial charge is 0.321 e. The van der Waals surface area contributed by atoms with Crippen molar-refractivity contribution in [2.24, 2.45) is 5.92 Å². The molecular weight excluding hydrogens is 365 g/mol. The van der Waals surface area contributed by atoms with Gasteiger partial charge in [-0.15, -0.1) is 0 Å². The Hall–Kier alpha value is -1.21. The quantitative estimate of drug-likeness (QED) is 0.775. The van der Waals surface area contributed by atoms with Crippen molar-refractivity contribution in [3.63, 3.8) is 0 Å². The molecule has 2 rings (SSSR count). The van der Waals surface area contributed by atoms with Crippen molar-refractivity contribution in [2.45, 2.75) is 20.4 Å². The van der Waals surface area contributed by atoms with Crippen LogP contribution in [0.1, 0.15) is 19.4 Å². The molecule has 2 aromatic rings. The molecule has 0 atom stereocenters. The lowest BCUT2D eigenvalue weighted by Crippen LogP contribution is -2.19. The van der Waals surface area contributed by atoms with Gasteiger partial charge < -0.3 is 10.1 Å². The molecule has 4 nitrogen and oxygen atoms in total. The Morgan fingerprint density at radius 3 is 2.40 bits per heavy atom. The zero-order valence-corrected chi connectivity index (χ0v) is 13.8. The molecule has 0 saturated carbocycles. The normalized spacial score (nSPS) is 10.8. The van der Waals surface area contributed by atoms with Crippen LogP contribution in [0, 0.1) is 9.49 Å². The summed E-state index contributed by atoms with van der Waals surface area (Å²) in [6.45, 7) is 6.13. The van der Waals surface area contributed by atoms with Gasteiger partial charge in [-0.2, -0.15) is 0 Å². The number of rotatable bonds is 6. The summed E-state index contributed by atoms with van der Waals surface area (Å²) in [5.41, 5.74) is 1.06. The van der Waals surface area contributed by atoms with E-state index >= 15 is 0 Å². The van der Waals surface area contributed by atoms with E-state index in [1.807, 2.05) is 24.3 Å². The van der Waals surface area contributed by atoms with Gasteiger partial charge in [-0.3, -0.25) is 0 Å². The van der Waals surface area contributed by atoms with Gasteiger partial charge in [0.1, 0.15) is 5.75 Å². The van der Waals surface area contributed by atoms with Crippen LogP contribution in [0.25, 0.3) is 0 Å².